The number of rotatable bonds is 4. The minimum absolute atomic E-state index is 0.0722. The van der Waals surface area contributed by atoms with Crippen molar-refractivity contribution >= 4 is 44.7 Å². The molecule has 0 aliphatic heterocycles. The zero-order chi connectivity index (χ0) is 25.7. The fraction of sp³-hybridized carbons (Fsp3) is 0.143. The van der Waals surface area contributed by atoms with Gasteiger partial charge in [-0.1, -0.05) is 26.8 Å². The van der Waals surface area contributed by atoms with E-state index < -0.39 is 5.41 Å². The van der Waals surface area contributed by atoms with Crippen LogP contribution in [0.3, 0.4) is 0 Å². The van der Waals surface area contributed by atoms with E-state index in [-0.39, 0.29) is 11.0 Å². The largest absolute Gasteiger partial charge is 0.352 e. The van der Waals surface area contributed by atoms with Gasteiger partial charge in [0.1, 0.15) is 5.69 Å². The first-order valence-electron chi connectivity index (χ1n) is 11.7. The van der Waals surface area contributed by atoms with Gasteiger partial charge in [-0.3, -0.25) is 19.9 Å². The van der Waals surface area contributed by atoms with Crippen molar-refractivity contribution in [3.63, 3.8) is 0 Å². The molecule has 37 heavy (non-hydrogen) atoms. The lowest BCUT2D eigenvalue weighted by Gasteiger charge is -2.17. The Bertz CT molecular complexity index is 1790. The van der Waals surface area contributed by atoms with Crippen LogP contribution in [-0.2, 0) is 4.79 Å². The van der Waals surface area contributed by atoms with Crippen molar-refractivity contribution in [2.75, 3.05) is 5.32 Å². The molecule has 0 unspecified atom stereocenters. The Labute approximate surface area is 215 Å². The molecule has 0 bridgehead atoms. The van der Waals surface area contributed by atoms with Gasteiger partial charge in [-0.15, -0.1) is 11.3 Å². The van der Waals surface area contributed by atoms with Gasteiger partial charge < -0.3 is 10.3 Å². The molecular weight excluding hydrogens is 487 g/mol. The highest BCUT2D eigenvalue weighted by atomic mass is 32.1. The lowest BCUT2D eigenvalue weighted by molar-refractivity contribution is -0.123. The molecular formula is C28H23FN6OS. The SMILES string of the molecule is CC(C)(C)C(=O)Nc1cncc(-c2ccc3[nH]nc(-c4cc5c(-c6ccc(F)s6)cncc5[nH]4)c3c2)c1. The summed E-state index contributed by atoms with van der Waals surface area (Å²) in [6.45, 7) is 5.61. The van der Waals surface area contributed by atoms with Crippen molar-refractivity contribution in [2.45, 2.75) is 20.8 Å². The van der Waals surface area contributed by atoms with Crippen LogP contribution in [0.25, 0.3) is 54.8 Å². The smallest absolute Gasteiger partial charge is 0.229 e. The number of aromatic nitrogens is 5. The summed E-state index contributed by atoms with van der Waals surface area (Å²) in [6, 6.07) is 13.2. The second-order valence-electron chi connectivity index (χ2n) is 9.93. The third kappa shape index (κ3) is 4.27. The number of pyridine rings is 2. The van der Waals surface area contributed by atoms with Crippen LogP contribution in [0, 0.1) is 10.5 Å². The number of nitrogens with zero attached hydrogens (tertiary/aromatic N) is 3. The normalized spacial score (nSPS) is 11.9. The van der Waals surface area contributed by atoms with Gasteiger partial charge in [0, 0.05) is 44.6 Å². The molecule has 3 N–H and O–H groups in total. The lowest BCUT2D eigenvalue weighted by atomic mass is 9.95. The summed E-state index contributed by atoms with van der Waals surface area (Å²) in [5.41, 5.74) is 6.16. The van der Waals surface area contributed by atoms with E-state index in [0.717, 1.165) is 66.1 Å². The minimum Gasteiger partial charge on any atom is -0.352 e. The van der Waals surface area contributed by atoms with E-state index in [1.54, 1.807) is 30.9 Å². The molecule has 6 rings (SSSR count). The van der Waals surface area contributed by atoms with Crippen LogP contribution in [0.5, 0.6) is 0 Å². The molecule has 1 amide bonds. The number of fused-ring (bicyclic) bond motifs is 2. The van der Waals surface area contributed by atoms with E-state index >= 15 is 0 Å². The summed E-state index contributed by atoms with van der Waals surface area (Å²) in [6.07, 6.45) is 6.93. The van der Waals surface area contributed by atoms with Crippen molar-refractivity contribution in [1.29, 1.82) is 0 Å². The van der Waals surface area contributed by atoms with Crippen LogP contribution < -0.4 is 5.32 Å². The topological polar surface area (TPSA) is 99.3 Å². The molecule has 1 aromatic carbocycles. The number of nitrogens with one attached hydrogen (secondary N) is 3. The van der Waals surface area contributed by atoms with Gasteiger partial charge in [-0.2, -0.15) is 9.49 Å². The molecule has 5 aromatic heterocycles. The van der Waals surface area contributed by atoms with E-state index in [9.17, 15) is 9.18 Å². The van der Waals surface area contributed by atoms with Gasteiger partial charge >= 0.3 is 0 Å². The van der Waals surface area contributed by atoms with Crippen LogP contribution in [0.1, 0.15) is 20.8 Å². The van der Waals surface area contributed by atoms with Gasteiger partial charge in [-0.05, 0) is 42.0 Å². The maximum atomic E-state index is 13.7. The second-order valence-corrected chi connectivity index (χ2v) is 11.0. The molecule has 184 valence electrons. The van der Waals surface area contributed by atoms with E-state index in [0.29, 0.717) is 5.69 Å². The third-order valence-corrected chi connectivity index (χ3v) is 7.12. The fourth-order valence-corrected chi connectivity index (χ4v) is 4.97. The zero-order valence-electron chi connectivity index (χ0n) is 20.4. The predicted octanol–water partition coefficient (Wildman–Crippen LogP) is 7.02. The highest BCUT2D eigenvalue weighted by Gasteiger charge is 2.21. The molecule has 0 aliphatic rings. The molecule has 7 nitrogen and oxygen atoms in total. The molecule has 9 heteroatoms. The Morgan fingerprint density at radius 2 is 1.76 bits per heavy atom. The summed E-state index contributed by atoms with van der Waals surface area (Å²) < 4.78 is 13.7. The number of benzene rings is 1. The van der Waals surface area contributed by atoms with Crippen LogP contribution in [0.15, 0.2) is 67.3 Å². The van der Waals surface area contributed by atoms with Crippen LogP contribution >= 0.6 is 11.3 Å². The third-order valence-electron chi connectivity index (χ3n) is 6.21. The molecule has 0 atom stereocenters. The summed E-state index contributed by atoms with van der Waals surface area (Å²) in [5.74, 6) is -0.0722. The maximum Gasteiger partial charge on any atom is 0.229 e. The fourth-order valence-electron chi connectivity index (χ4n) is 4.22. The molecule has 0 saturated carbocycles. The number of hydrogen-bond acceptors (Lipinski definition) is 5. The number of amides is 1. The number of thiophene rings is 1. The van der Waals surface area contributed by atoms with E-state index in [1.807, 2.05) is 45.0 Å². The molecule has 0 aliphatic carbocycles. The van der Waals surface area contributed by atoms with Gasteiger partial charge in [0.25, 0.3) is 0 Å². The molecule has 0 fully saturated rings. The van der Waals surface area contributed by atoms with Gasteiger partial charge in [0.05, 0.1) is 34.8 Å². The summed E-state index contributed by atoms with van der Waals surface area (Å²) >= 11 is 1.10. The van der Waals surface area contributed by atoms with Gasteiger partial charge in [0.2, 0.25) is 5.91 Å². The number of hydrogen-bond donors (Lipinski definition) is 3. The van der Waals surface area contributed by atoms with Crippen molar-refractivity contribution < 1.29 is 9.18 Å². The maximum absolute atomic E-state index is 13.7. The first kappa shape index (κ1) is 23.1. The molecule has 0 saturated heterocycles. The Morgan fingerprint density at radius 3 is 2.54 bits per heavy atom. The summed E-state index contributed by atoms with van der Waals surface area (Å²) in [4.78, 5) is 25.4. The number of halogens is 1. The average Bonchev–Trinajstić information content (AvgIpc) is 3.60. The minimum atomic E-state index is -0.507. The predicted molar refractivity (Wildman–Crippen MR) is 146 cm³/mol. The second kappa shape index (κ2) is 8.63. The van der Waals surface area contributed by atoms with Crippen molar-refractivity contribution in [3.8, 4) is 33.0 Å². The lowest BCUT2D eigenvalue weighted by Crippen LogP contribution is -2.27. The summed E-state index contributed by atoms with van der Waals surface area (Å²) in [5, 5.41) is 12.3. The zero-order valence-corrected chi connectivity index (χ0v) is 21.2. The number of aromatic amines is 2. The van der Waals surface area contributed by atoms with Crippen LogP contribution in [-0.4, -0.2) is 31.1 Å². The Kier molecular flexibility index (Phi) is 5.38. The van der Waals surface area contributed by atoms with Crippen molar-refractivity contribution in [2.24, 2.45) is 5.41 Å². The molecule has 0 radical (unpaired) electrons. The van der Waals surface area contributed by atoms with Gasteiger partial charge in [-0.25, -0.2) is 0 Å². The number of anilines is 1. The van der Waals surface area contributed by atoms with Crippen LogP contribution in [0.4, 0.5) is 10.1 Å². The highest BCUT2D eigenvalue weighted by Crippen LogP contribution is 2.36. The first-order chi connectivity index (χ1) is 17.8. The number of carbonyl (C=O) groups excluding carboxylic acids is 1. The van der Waals surface area contributed by atoms with Gasteiger partial charge in [0.15, 0.2) is 5.13 Å². The van der Waals surface area contributed by atoms with E-state index in [2.05, 4.69) is 36.5 Å². The monoisotopic (exact) mass is 510 g/mol. The standard InChI is InChI=1S/C28H23FN6OS/c1-28(2,3)27(36)32-17-8-16(11-30-12-17)15-4-5-21-19(9-15)26(35-34-21)22-10-18-20(13-31-14-23(18)33-22)24-6-7-25(29)37-24/h4-14,33H,1-3H3,(H,32,36)(H,34,35). The number of carbonyl (C=O) groups is 1. The summed E-state index contributed by atoms with van der Waals surface area (Å²) in [7, 11) is 0. The van der Waals surface area contributed by atoms with E-state index in [4.69, 9.17) is 0 Å². The Balaban J connectivity index is 1.40. The number of H-pyrrole nitrogens is 2. The molecule has 0 spiro atoms. The van der Waals surface area contributed by atoms with Crippen LogP contribution in [0.2, 0.25) is 0 Å². The first-order valence-corrected chi connectivity index (χ1v) is 12.6. The molecule has 6 aromatic rings. The highest BCUT2D eigenvalue weighted by molar-refractivity contribution is 7.14. The average molecular weight is 511 g/mol. The Morgan fingerprint density at radius 1 is 0.919 bits per heavy atom. The van der Waals surface area contributed by atoms with Crippen molar-refractivity contribution in [1.82, 2.24) is 25.1 Å². The van der Waals surface area contributed by atoms with E-state index in [1.165, 1.54) is 6.07 Å². The molecule has 5 heterocycles. The quantitative estimate of drug-likeness (QED) is 0.237. The van der Waals surface area contributed by atoms with Crippen molar-refractivity contribution in [3.05, 3.63) is 72.4 Å². The Hall–Kier alpha value is -4.37.